The van der Waals surface area contributed by atoms with E-state index in [2.05, 4.69) is 18.2 Å². The SMILES string of the molecule is CSC[C@H](C)C(=O)N(C)[C@@H]1CCCN(C)C1. The second-order valence-electron chi connectivity index (χ2n) is 4.86. The molecule has 0 aromatic heterocycles. The van der Waals surface area contributed by atoms with E-state index in [4.69, 9.17) is 0 Å². The van der Waals surface area contributed by atoms with Gasteiger partial charge in [-0.2, -0.15) is 11.8 Å². The van der Waals surface area contributed by atoms with Crippen molar-refractivity contribution in [3.05, 3.63) is 0 Å². The molecule has 0 aromatic rings. The van der Waals surface area contributed by atoms with Crippen LogP contribution in [0.5, 0.6) is 0 Å². The molecule has 0 radical (unpaired) electrons. The summed E-state index contributed by atoms with van der Waals surface area (Å²) in [7, 11) is 4.10. The summed E-state index contributed by atoms with van der Waals surface area (Å²) in [6.07, 6.45) is 4.41. The molecular weight excluding hydrogens is 220 g/mol. The van der Waals surface area contributed by atoms with Crippen LogP contribution in [-0.2, 0) is 4.79 Å². The lowest BCUT2D eigenvalue weighted by Crippen LogP contribution is -2.48. The Kier molecular flexibility index (Phi) is 5.62. The van der Waals surface area contributed by atoms with E-state index >= 15 is 0 Å². The minimum atomic E-state index is 0.146. The van der Waals surface area contributed by atoms with Gasteiger partial charge in [0.25, 0.3) is 0 Å². The fourth-order valence-corrected chi connectivity index (χ4v) is 2.95. The molecular formula is C12H24N2OS. The van der Waals surface area contributed by atoms with Gasteiger partial charge in [-0.05, 0) is 32.7 Å². The van der Waals surface area contributed by atoms with Crippen molar-refractivity contribution in [2.75, 3.05) is 39.2 Å². The third-order valence-corrected chi connectivity index (χ3v) is 4.17. The molecule has 0 aliphatic carbocycles. The van der Waals surface area contributed by atoms with Crippen LogP contribution in [0.25, 0.3) is 0 Å². The summed E-state index contributed by atoms with van der Waals surface area (Å²) in [5, 5.41) is 0. The Bertz CT molecular complexity index is 235. The molecule has 4 heteroatoms. The van der Waals surface area contributed by atoms with Crippen LogP contribution in [0, 0.1) is 5.92 Å². The average molecular weight is 244 g/mol. The van der Waals surface area contributed by atoms with Crippen molar-refractivity contribution in [3.8, 4) is 0 Å². The van der Waals surface area contributed by atoms with Gasteiger partial charge in [-0.15, -0.1) is 0 Å². The van der Waals surface area contributed by atoms with Gasteiger partial charge in [-0.3, -0.25) is 4.79 Å². The quantitative estimate of drug-likeness (QED) is 0.749. The summed E-state index contributed by atoms with van der Waals surface area (Å²) in [5.74, 6) is 1.37. The molecule has 1 saturated heterocycles. The highest BCUT2D eigenvalue weighted by atomic mass is 32.2. The van der Waals surface area contributed by atoms with Crippen molar-refractivity contribution in [1.82, 2.24) is 9.80 Å². The predicted octanol–water partition coefficient (Wildman–Crippen LogP) is 1.54. The summed E-state index contributed by atoms with van der Waals surface area (Å²) in [6.45, 7) is 4.22. The Balaban J connectivity index is 2.48. The van der Waals surface area contributed by atoms with Gasteiger partial charge in [0.05, 0.1) is 0 Å². The zero-order valence-corrected chi connectivity index (χ0v) is 11.7. The van der Waals surface area contributed by atoms with Crippen LogP contribution in [0.4, 0.5) is 0 Å². The third kappa shape index (κ3) is 3.67. The molecule has 0 unspecified atom stereocenters. The lowest BCUT2D eigenvalue weighted by molar-refractivity contribution is -0.136. The number of likely N-dealkylation sites (N-methyl/N-ethyl adjacent to an activating group) is 2. The molecule has 1 fully saturated rings. The molecule has 1 aliphatic rings. The number of carbonyl (C=O) groups excluding carboxylic acids is 1. The van der Waals surface area contributed by atoms with E-state index in [-0.39, 0.29) is 5.92 Å². The van der Waals surface area contributed by atoms with Crippen LogP contribution in [0.3, 0.4) is 0 Å². The summed E-state index contributed by atoms with van der Waals surface area (Å²) >= 11 is 1.74. The number of piperidine rings is 1. The standard InChI is InChI=1S/C12H24N2OS/c1-10(9-16-4)12(15)14(3)11-6-5-7-13(2)8-11/h10-11H,5-9H2,1-4H3/t10-,11+/m0/s1. The van der Waals surface area contributed by atoms with Gasteiger partial charge in [0.1, 0.15) is 0 Å². The average Bonchev–Trinajstić information content (AvgIpc) is 2.27. The minimum absolute atomic E-state index is 0.146. The van der Waals surface area contributed by atoms with Crippen molar-refractivity contribution >= 4 is 17.7 Å². The van der Waals surface area contributed by atoms with E-state index in [0.29, 0.717) is 11.9 Å². The Labute approximate surface area is 104 Å². The minimum Gasteiger partial charge on any atom is -0.341 e. The number of carbonyl (C=O) groups is 1. The summed E-state index contributed by atoms with van der Waals surface area (Å²) in [5.41, 5.74) is 0. The fraction of sp³-hybridized carbons (Fsp3) is 0.917. The summed E-state index contributed by atoms with van der Waals surface area (Å²) in [6, 6.07) is 0.413. The Hall–Kier alpha value is -0.220. The zero-order chi connectivity index (χ0) is 12.1. The number of rotatable bonds is 4. The smallest absolute Gasteiger partial charge is 0.226 e. The lowest BCUT2D eigenvalue weighted by atomic mass is 10.0. The van der Waals surface area contributed by atoms with Gasteiger partial charge in [0.2, 0.25) is 5.91 Å². The third-order valence-electron chi connectivity index (χ3n) is 3.33. The Morgan fingerprint density at radius 1 is 1.62 bits per heavy atom. The molecule has 1 aliphatic heterocycles. The molecule has 1 heterocycles. The molecule has 0 saturated carbocycles. The Morgan fingerprint density at radius 3 is 2.88 bits per heavy atom. The van der Waals surface area contributed by atoms with E-state index in [1.807, 2.05) is 18.9 Å². The summed E-state index contributed by atoms with van der Waals surface area (Å²) < 4.78 is 0. The lowest BCUT2D eigenvalue weighted by Gasteiger charge is -2.36. The highest BCUT2D eigenvalue weighted by molar-refractivity contribution is 7.98. The first-order valence-electron chi connectivity index (χ1n) is 6.00. The predicted molar refractivity (Wildman–Crippen MR) is 70.8 cm³/mol. The van der Waals surface area contributed by atoms with Crippen molar-refractivity contribution in [1.29, 1.82) is 0 Å². The largest absolute Gasteiger partial charge is 0.341 e. The first kappa shape index (κ1) is 13.8. The maximum atomic E-state index is 12.1. The van der Waals surface area contributed by atoms with Crippen LogP contribution in [0.1, 0.15) is 19.8 Å². The van der Waals surface area contributed by atoms with Gasteiger partial charge < -0.3 is 9.80 Å². The molecule has 1 rings (SSSR count). The highest BCUT2D eigenvalue weighted by Crippen LogP contribution is 2.16. The molecule has 0 aromatic carbocycles. The van der Waals surface area contributed by atoms with E-state index in [1.165, 1.54) is 13.0 Å². The van der Waals surface area contributed by atoms with Crippen molar-refractivity contribution in [2.45, 2.75) is 25.8 Å². The van der Waals surface area contributed by atoms with Crippen LogP contribution >= 0.6 is 11.8 Å². The maximum absolute atomic E-state index is 12.1. The normalized spacial score (nSPS) is 24.1. The molecule has 2 atom stereocenters. The maximum Gasteiger partial charge on any atom is 0.226 e. The van der Waals surface area contributed by atoms with Crippen LogP contribution in [0.2, 0.25) is 0 Å². The van der Waals surface area contributed by atoms with Crippen molar-refractivity contribution < 1.29 is 4.79 Å². The first-order chi connectivity index (χ1) is 7.56. The molecule has 1 amide bonds. The first-order valence-corrected chi connectivity index (χ1v) is 7.39. The second kappa shape index (κ2) is 6.50. The fourth-order valence-electron chi connectivity index (χ4n) is 2.30. The van der Waals surface area contributed by atoms with E-state index < -0.39 is 0 Å². The molecule has 3 nitrogen and oxygen atoms in total. The highest BCUT2D eigenvalue weighted by Gasteiger charge is 2.26. The molecule has 0 N–H and O–H groups in total. The van der Waals surface area contributed by atoms with Gasteiger partial charge in [-0.25, -0.2) is 0 Å². The van der Waals surface area contributed by atoms with Gasteiger partial charge in [0.15, 0.2) is 0 Å². The van der Waals surface area contributed by atoms with E-state index in [1.54, 1.807) is 11.8 Å². The van der Waals surface area contributed by atoms with Crippen LogP contribution < -0.4 is 0 Å². The molecule has 0 bridgehead atoms. The summed E-state index contributed by atoms with van der Waals surface area (Å²) in [4.78, 5) is 16.4. The van der Waals surface area contributed by atoms with Gasteiger partial charge in [0, 0.05) is 31.3 Å². The van der Waals surface area contributed by atoms with Crippen molar-refractivity contribution in [2.24, 2.45) is 5.92 Å². The van der Waals surface area contributed by atoms with E-state index in [9.17, 15) is 4.79 Å². The number of amides is 1. The monoisotopic (exact) mass is 244 g/mol. The van der Waals surface area contributed by atoms with E-state index in [0.717, 1.165) is 18.7 Å². The van der Waals surface area contributed by atoms with Crippen molar-refractivity contribution in [3.63, 3.8) is 0 Å². The van der Waals surface area contributed by atoms with Crippen LogP contribution in [0.15, 0.2) is 0 Å². The zero-order valence-electron chi connectivity index (χ0n) is 10.9. The number of likely N-dealkylation sites (tertiary alicyclic amines) is 1. The second-order valence-corrected chi connectivity index (χ2v) is 5.77. The molecule has 0 spiro atoms. The number of hydrogen-bond acceptors (Lipinski definition) is 3. The van der Waals surface area contributed by atoms with Crippen LogP contribution in [-0.4, -0.2) is 60.9 Å². The molecule has 16 heavy (non-hydrogen) atoms. The van der Waals surface area contributed by atoms with Gasteiger partial charge >= 0.3 is 0 Å². The Morgan fingerprint density at radius 2 is 2.31 bits per heavy atom. The number of nitrogens with zero attached hydrogens (tertiary/aromatic N) is 2. The number of hydrogen-bond donors (Lipinski definition) is 0. The molecule has 94 valence electrons. The number of thioether (sulfide) groups is 1. The van der Waals surface area contributed by atoms with Gasteiger partial charge in [-0.1, -0.05) is 6.92 Å². The topological polar surface area (TPSA) is 23.6 Å².